The van der Waals surface area contributed by atoms with E-state index in [0.717, 1.165) is 11.3 Å². The van der Waals surface area contributed by atoms with Crippen molar-refractivity contribution in [3.63, 3.8) is 0 Å². The minimum absolute atomic E-state index is 0.109. The van der Waals surface area contributed by atoms with E-state index in [1.165, 1.54) is 17.7 Å². The number of hydrogen-bond acceptors (Lipinski definition) is 11. The second-order valence-corrected chi connectivity index (χ2v) is 10.9. The summed E-state index contributed by atoms with van der Waals surface area (Å²) in [5, 5.41) is 9.49. The highest BCUT2D eigenvalue weighted by molar-refractivity contribution is 7.07. The highest BCUT2D eigenvalue weighted by Crippen LogP contribution is 2.37. The Balaban J connectivity index is 1.93. The molecule has 0 amide bonds. The topological polar surface area (TPSA) is 138 Å². The number of methoxy groups -OCH3 is 1. The molecule has 1 aromatic heterocycles. The summed E-state index contributed by atoms with van der Waals surface area (Å²) in [5.74, 6) is -0.455. The molecule has 11 nitrogen and oxygen atoms in total. The van der Waals surface area contributed by atoms with Gasteiger partial charge in [0, 0.05) is 10.6 Å². The molecule has 4 rings (SSSR count). The third-order valence-corrected chi connectivity index (χ3v) is 7.76. The number of fused-ring (bicyclic) bond motifs is 1. The van der Waals surface area contributed by atoms with E-state index in [2.05, 4.69) is 9.73 Å². The number of esters is 2. The van der Waals surface area contributed by atoms with Crippen molar-refractivity contribution in [3.05, 3.63) is 82.5 Å². The Bertz CT molecular complexity index is 1860. The standard InChI is InChI=1S/C30H27Cl2N3O8S/c1-5-40-22-12-17(7-8-21(22)43-15-24(36)39-4)26-25(29(38)41-6-2)16(3)34-30-35(26)28(37)23(44-30)13-18-11-19(31)14-20(32)27(18)42-10-9-33/h7-8,11-14,26H,5-6,10,15H2,1-4H3/b23-13+/t26-/m0/s1. The molecule has 1 aliphatic heterocycles. The normalized spacial score (nSPS) is 14.3. The van der Waals surface area contributed by atoms with Crippen LogP contribution in [0.1, 0.15) is 37.9 Å². The van der Waals surface area contributed by atoms with E-state index in [4.69, 9.17) is 47.4 Å². The lowest BCUT2D eigenvalue weighted by Gasteiger charge is -2.25. The zero-order valence-electron chi connectivity index (χ0n) is 24.1. The van der Waals surface area contributed by atoms with Gasteiger partial charge in [-0.05, 0) is 56.7 Å². The number of nitrogens with zero attached hydrogens (tertiary/aromatic N) is 3. The molecule has 0 N–H and O–H groups in total. The molecule has 2 heterocycles. The first-order chi connectivity index (χ1) is 21.1. The molecule has 0 spiro atoms. The van der Waals surface area contributed by atoms with Crippen molar-refractivity contribution < 1.29 is 33.3 Å². The van der Waals surface area contributed by atoms with Gasteiger partial charge in [-0.1, -0.05) is 40.6 Å². The molecule has 1 atom stereocenters. The third kappa shape index (κ3) is 6.91. The first-order valence-electron chi connectivity index (χ1n) is 13.3. The zero-order valence-corrected chi connectivity index (χ0v) is 26.5. The fraction of sp³-hybridized carbons (Fsp3) is 0.300. The predicted octanol–water partition coefficient (Wildman–Crippen LogP) is 3.96. The second-order valence-electron chi connectivity index (χ2n) is 9.06. The van der Waals surface area contributed by atoms with E-state index in [9.17, 15) is 14.4 Å². The van der Waals surface area contributed by atoms with Gasteiger partial charge in [0.2, 0.25) is 0 Å². The number of benzene rings is 2. The van der Waals surface area contributed by atoms with Gasteiger partial charge in [0.25, 0.3) is 5.56 Å². The lowest BCUT2D eigenvalue weighted by atomic mass is 9.95. The van der Waals surface area contributed by atoms with Crippen molar-refractivity contribution in [3.8, 4) is 23.3 Å². The fourth-order valence-corrected chi connectivity index (χ4v) is 6.07. The number of aromatic nitrogens is 1. The predicted molar refractivity (Wildman–Crippen MR) is 163 cm³/mol. The highest BCUT2D eigenvalue weighted by atomic mass is 35.5. The number of rotatable bonds is 11. The van der Waals surface area contributed by atoms with Crippen molar-refractivity contribution in [1.82, 2.24) is 4.57 Å². The molecule has 0 unspecified atom stereocenters. The smallest absolute Gasteiger partial charge is 0.343 e. The molecular formula is C30H27Cl2N3O8S. The number of thiazole rings is 1. The maximum atomic E-state index is 14.1. The molecule has 230 valence electrons. The largest absolute Gasteiger partial charge is 0.490 e. The Morgan fingerprint density at radius 1 is 1.11 bits per heavy atom. The van der Waals surface area contributed by atoms with Crippen LogP contribution in [0.25, 0.3) is 6.08 Å². The van der Waals surface area contributed by atoms with Crippen LogP contribution in [-0.2, 0) is 19.1 Å². The molecule has 44 heavy (non-hydrogen) atoms. The number of carbonyl (C=O) groups is 2. The minimum atomic E-state index is -0.946. The number of halogens is 2. The summed E-state index contributed by atoms with van der Waals surface area (Å²) in [4.78, 5) is 43.9. The third-order valence-electron chi connectivity index (χ3n) is 6.28. The number of nitriles is 1. The van der Waals surface area contributed by atoms with Gasteiger partial charge in [-0.3, -0.25) is 9.36 Å². The van der Waals surface area contributed by atoms with Crippen LogP contribution in [0.4, 0.5) is 0 Å². The lowest BCUT2D eigenvalue weighted by Crippen LogP contribution is -2.40. The Labute approximate surface area is 266 Å². The van der Waals surface area contributed by atoms with Crippen molar-refractivity contribution in [2.75, 3.05) is 33.5 Å². The van der Waals surface area contributed by atoms with Crippen LogP contribution in [0.3, 0.4) is 0 Å². The van der Waals surface area contributed by atoms with Crippen LogP contribution in [-0.4, -0.2) is 50.0 Å². The maximum Gasteiger partial charge on any atom is 0.343 e. The van der Waals surface area contributed by atoms with Gasteiger partial charge in [-0.25, -0.2) is 14.6 Å². The summed E-state index contributed by atoms with van der Waals surface area (Å²) in [5.41, 5.74) is 0.966. The monoisotopic (exact) mass is 659 g/mol. The van der Waals surface area contributed by atoms with E-state index < -0.39 is 23.5 Å². The average molecular weight is 661 g/mol. The highest BCUT2D eigenvalue weighted by Gasteiger charge is 2.34. The van der Waals surface area contributed by atoms with E-state index >= 15 is 0 Å². The van der Waals surface area contributed by atoms with Crippen LogP contribution < -0.4 is 29.1 Å². The van der Waals surface area contributed by atoms with Crippen molar-refractivity contribution in [2.24, 2.45) is 4.99 Å². The van der Waals surface area contributed by atoms with Crippen LogP contribution in [0.2, 0.25) is 10.0 Å². The van der Waals surface area contributed by atoms with E-state index in [-0.39, 0.29) is 53.1 Å². The quantitative estimate of drug-likeness (QED) is 0.280. The summed E-state index contributed by atoms with van der Waals surface area (Å²) >= 11 is 13.7. The van der Waals surface area contributed by atoms with Gasteiger partial charge in [0.05, 0.1) is 47.2 Å². The average Bonchev–Trinajstić information content (AvgIpc) is 3.29. The summed E-state index contributed by atoms with van der Waals surface area (Å²) in [6.45, 7) is 4.90. The van der Waals surface area contributed by atoms with Crippen LogP contribution in [0.5, 0.6) is 17.2 Å². The van der Waals surface area contributed by atoms with Crippen LogP contribution in [0, 0.1) is 11.3 Å². The van der Waals surface area contributed by atoms with Crippen LogP contribution in [0.15, 0.2) is 51.4 Å². The molecule has 2 aromatic carbocycles. The van der Waals surface area contributed by atoms with E-state index in [1.807, 2.05) is 6.07 Å². The zero-order chi connectivity index (χ0) is 32.0. The first kappa shape index (κ1) is 32.6. The number of allylic oxidation sites excluding steroid dienone is 1. The SMILES string of the molecule is CCOC(=O)C1=C(C)N=c2s/c(=C/c3cc(Cl)cc(Cl)c3OCC#N)c(=O)n2[C@H]1c1ccc(OCC(=O)OC)c(OCC)c1. The Hall–Kier alpha value is -4.31. The maximum absolute atomic E-state index is 14.1. The number of ether oxygens (including phenoxy) is 5. The van der Waals surface area contributed by atoms with E-state index in [0.29, 0.717) is 32.4 Å². The van der Waals surface area contributed by atoms with Gasteiger partial charge in [-0.2, -0.15) is 5.26 Å². The molecule has 14 heteroatoms. The van der Waals surface area contributed by atoms with Crippen molar-refractivity contribution in [1.29, 1.82) is 5.26 Å². The molecule has 1 aliphatic rings. The van der Waals surface area contributed by atoms with Gasteiger partial charge in [0.15, 0.2) is 29.5 Å². The Kier molecular flexibility index (Phi) is 10.7. The van der Waals surface area contributed by atoms with E-state index in [1.54, 1.807) is 51.1 Å². The molecule has 3 aromatic rings. The molecule has 0 radical (unpaired) electrons. The summed E-state index contributed by atoms with van der Waals surface area (Å²) in [7, 11) is 1.25. The summed E-state index contributed by atoms with van der Waals surface area (Å²) in [6, 6.07) is 8.87. The molecule has 0 aliphatic carbocycles. The molecule has 0 bridgehead atoms. The molecule has 0 fully saturated rings. The van der Waals surface area contributed by atoms with Crippen molar-refractivity contribution >= 4 is 52.6 Å². The number of hydrogen-bond donors (Lipinski definition) is 0. The Morgan fingerprint density at radius 2 is 1.89 bits per heavy atom. The van der Waals surface area contributed by atoms with Gasteiger partial charge >= 0.3 is 11.9 Å². The molecule has 0 saturated carbocycles. The summed E-state index contributed by atoms with van der Waals surface area (Å²) < 4.78 is 28.6. The van der Waals surface area contributed by atoms with Gasteiger partial charge in [-0.15, -0.1) is 0 Å². The second kappa shape index (κ2) is 14.4. The minimum Gasteiger partial charge on any atom is -0.490 e. The van der Waals surface area contributed by atoms with Gasteiger partial charge in [0.1, 0.15) is 11.8 Å². The Morgan fingerprint density at radius 3 is 2.57 bits per heavy atom. The fourth-order valence-electron chi connectivity index (χ4n) is 4.47. The van der Waals surface area contributed by atoms with Crippen molar-refractivity contribution in [2.45, 2.75) is 26.8 Å². The van der Waals surface area contributed by atoms with Crippen LogP contribution >= 0.6 is 34.5 Å². The summed E-state index contributed by atoms with van der Waals surface area (Å²) in [6.07, 6.45) is 1.55. The first-order valence-corrected chi connectivity index (χ1v) is 14.8. The molecule has 0 saturated heterocycles. The lowest BCUT2D eigenvalue weighted by molar-refractivity contribution is -0.143. The van der Waals surface area contributed by atoms with Gasteiger partial charge < -0.3 is 23.7 Å². The number of carbonyl (C=O) groups excluding carboxylic acids is 2. The molecular weight excluding hydrogens is 633 g/mol.